The molecule has 0 saturated carbocycles. The zero-order valence-corrected chi connectivity index (χ0v) is 11.7. The standard InChI is InChI=1S/C10H21O3PS/c1-5-12-14(11,13-6-2)8-10(4)9-15-7-3/h9H,5-8H2,1-4H3/b10-9-. The van der Waals surface area contributed by atoms with Gasteiger partial charge in [0.25, 0.3) is 0 Å². The smallest absolute Gasteiger partial charge is 0.309 e. The first kappa shape index (κ1) is 15.2. The summed E-state index contributed by atoms with van der Waals surface area (Å²) in [6.07, 6.45) is 0.391. The van der Waals surface area contributed by atoms with Crippen molar-refractivity contribution in [3.8, 4) is 0 Å². The molecule has 0 rings (SSSR count). The molecule has 0 fully saturated rings. The van der Waals surface area contributed by atoms with Crippen molar-refractivity contribution in [3.63, 3.8) is 0 Å². The summed E-state index contributed by atoms with van der Waals surface area (Å²) in [6, 6.07) is 0. The Morgan fingerprint density at radius 1 is 1.27 bits per heavy atom. The molecular formula is C10H21O3PS. The van der Waals surface area contributed by atoms with Crippen molar-refractivity contribution in [1.29, 1.82) is 0 Å². The molecule has 0 aliphatic rings. The van der Waals surface area contributed by atoms with Gasteiger partial charge in [-0.05, 0) is 31.9 Å². The maximum Gasteiger partial charge on any atom is 0.334 e. The van der Waals surface area contributed by atoms with E-state index in [0.717, 1.165) is 11.3 Å². The third-order valence-electron chi connectivity index (χ3n) is 1.55. The summed E-state index contributed by atoms with van der Waals surface area (Å²) in [6.45, 7) is 8.53. The summed E-state index contributed by atoms with van der Waals surface area (Å²) in [5, 5.41) is 2.02. The molecule has 0 aromatic rings. The molecule has 0 aliphatic carbocycles. The molecule has 0 unspecified atom stereocenters. The molecule has 15 heavy (non-hydrogen) atoms. The monoisotopic (exact) mass is 252 g/mol. The number of allylic oxidation sites excluding steroid dienone is 1. The summed E-state index contributed by atoms with van der Waals surface area (Å²) in [5.41, 5.74) is 1.05. The average molecular weight is 252 g/mol. The minimum absolute atomic E-state index is 0.391. The second kappa shape index (κ2) is 8.40. The first-order valence-electron chi connectivity index (χ1n) is 5.23. The molecule has 0 amide bonds. The summed E-state index contributed by atoms with van der Waals surface area (Å²) in [4.78, 5) is 0. The topological polar surface area (TPSA) is 35.5 Å². The van der Waals surface area contributed by atoms with Crippen molar-refractivity contribution in [1.82, 2.24) is 0 Å². The zero-order valence-electron chi connectivity index (χ0n) is 9.99. The van der Waals surface area contributed by atoms with E-state index in [0.29, 0.717) is 19.4 Å². The lowest BCUT2D eigenvalue weighted by molar-refractivity contribution is 0.222. The Kier molecular flexibility index (Phi) is 8.53. The van der Waals surface area contributed by atoms with Crippen molar-refractivity contribution in [3.05, 3.63) is 11.0 Å². The minimum Gasteiger partial charge on any atom is -0.309 e. The Morgan fingerprint density at radius 3 is 2.20 bits per heavy atom. The van der Waals surface area contributed by atoms with Crippen LogP contribution < -0.4 is 0 Å². The number of thioether (sulfide) groups is 1. The van der Waals surface area contributed by atoms with Crippen LogP contribution in [0.3, 0.4) is 0 Å². The van der Waals surface area contributed by atoms with E-state index in [9.17, 15) is 4.57 Å². The van der Waals surface area contributed by atoms with Crippen molar-refractivity contribution in [2.24, 2.45) is 0 Å². The largest absolute Gasteiger partial charge is 0.334 e. The summed E-state index contributed by atoms with van der Waals surface area (Å²) in [5.74, 6) is 1.02. The van der Waals surface area contributed by atoms with E-state index in [1.165, 1.54) is 0 Å². The van der Waals surface area contributed by atoms with Crippen LogP contribution in [0.15, 0.2) is 11.0 Å². The highest BCUT2D eigenvalue weighted by Gasteiger charge is 2.23. The maximum atomic E-state index is 12.1. The van der Waals surface area contributed by atoms with Gasteiger partial charge in [-0.25, -0.2) is 0 Å². The highest BCUT2D eigenvalue weighted by atomic mass is 32.2. The molecule has 3 nitrogen and oxygen atoms in total. The Labute approximate surface area is 97.1 Å². The molecule has 0 aromatic carbocycles. The first-order chi connectivity index (χ1) is 7.08. The van der Waals surface area contributed by atoms with Crippen LogP contribution in [0.1, 0.15) is 27.7 Å². The predicted molar refractivity (Wildman–Crippen MR) is 67.6 cm³/mol. The third kappa shape index (κ3) is 7.18. The van der Waals surface area contributed by atoms with Crippen LogP contribution in [0.2, 0.25) is 0 Å². The van der Waals surface area contributed by atoms with Gasteiger partial charge in [0, 0.05) is 0 Å². The van der Waals surface area contributed by atoms with E-state index in [4.69, 9.17) is 9.05 Å². The molecule has 0 saturated heterocycles. The summed E-state index contributed by atoms with van der Waals surface area (Å²) >= 11 is 1.70. The Hall–Kier alpha value is 0.240. The Bertz CT molecular complexity index is 231. The van der Waals surface area contributed by atoms with Crippen LogP contribution in [0.5, 0.6) is 0 Å². The van der Waals surface area contributed by atoms with Gasteiger partial charge in [-0.15, -0.1) is 11.8 Å². The lowest BCUT2D eigenvalue weighted by atomic mass is 10.4. The predicted octanol–water partition coefficient (Wildman–Crippen LogP) is 3.91. The highest BCUT2D eigenvalue weighted by Crippen LogP contribution is 2.49. The van der Waals surface area contributed by atoms with E-state index in [-0.39, 0.29) is 0 Å². The van der Waals surface area contributed by atoms with Crippen LogP contribution in [-0.4, -0.2) is 25.1 Å². The first-order valence-corrected chi connectivity index (χ1v) is 8.01. The van der Waals surface area contributed by atoms with Crippen molar-refractivity contribution < 1.29 is 13.6 Å². The molecule has 0 atom stereocenters. The van der Waals surface area contributed by atoms with Crippen molar-refractivity contribution in [2.75, 3.05) is 25.1 Å². The Morgan fingerprint density at radius 2 is 1.80 bits per heavy atom. The average Bonchev–Trinajstić information content (AvgIpc) is 2.15. The Balaban J connectivity index is 4.33. The number of hydrogen-bond acceptors (Lipinski definition) is 4. The lowest BCUT2D eigenvalue weighted by Crippen LogP contribution is -2.00. The SMILES string of the molecule is CCOP(=O)(C/C(C)=C\SCC)OCC. The van der Waals surface area contributed by atoms with Gasteiger partial charge >= 0.3 is 7.60 Å². The van der Waals surface area contributed by atoms with Gasteiger partial charge in [0.2, 0.25) is 0 Å². The molecule has 0 N–H and O–H groups in total. The molecule has 0 aliphatic heterocycles. The fraction of sp³-hybridized carbons (Fsp3) is 0.800. The van der Waals surface area contributed by atoms with Crippen LogP contribution in [0, 0.1) is 0 Å². The van der Waals surface area contributed by atoms with E-state index in [2.05, 4.69) is 6.92 Å². The van der Waals surface area contributed by atoms with Gasteiger partial charge in [0.15, 0.2) is 0 Å². The summed E-state index contributed by atoms with van der Waals surface area (Å²) < 4.78 is 22.5. The van der Waals surface area contributed by atoms with Crippen LogP contribution in [0.4, 0.5) is 0 Å². The van der Waals surface area contributed by atoms with Gasteiger partial charge in [0.1, 0.15) is 0 Å². The molecule has 90 valence electrons. The molecule has 0 aromatic heterocycles. The van der Waals surface area contributed by atoms with Gasteiger partial charge in [0.05, 0.1) is 19.4 Å². The molecule has 0 spiro atoms. The fourth-order valence-corrected chi connectivity index (χ4v) is 3.49. The summed E-state index contributed by atoms with van der Waals surface area (Å²) in [7, 11) is -2.90. The molecular weight excluding hydrogens is 231 g/mol. The molecule has 0 heterocycles. The van der Waals surface area contributed by atoms with E-state index < -0.39 is 7.60 Å². The van der Waals surface area contributed by atoms with Gasteiger partial charge in [-0.1, -0.05) is 12.5 Å². The second-order valence-electron chi connectivity index (χ2n) is 3.02. The third-order valence-corrected chi connectivity index (χ3v) is 4.64. The van der Waals surface area contributed by atoms with Crippen molar-refractivity contribution in [2.45, 2.75) is 27.7 Å². The van der Waals surface area contributed by atoms with Gasteiger partial charge in [-0.3, -0.25) is 4.57 Å². The second-order valence-corrected chi connectivity index (χ2v) is 6.22. The van der Waals surface area contributed by atoms with Gasteiger partial charge < -0.3 is 9.05 Å². The molecule has 0 bridgehead atoms. The lowest BCUT2D eigenvalue weighted by Gasteiger charge is -2.16. The number of hydrogen-bond donors (Lipinski definition) is 0. The maximum absolute atomic E-state index is 12.1. The van der Waals surface area contributed by atoms with Crippen LogP contribution in [0.25, 0.3) is 0 Å². The zero-order chi connectivity index (χ0) is 11.7. The number of rotatable bonds is 8. The molecule has 5 heteroatoms. The van der Waals surface area contributed by atoms with Crippen LogP contribution >= 0.6 is 19.4 Å². The molecule has 0 radical (unpaired) electrons. The fourth-order valence-electron chi connectivity index (χ4n) is 1.09. The van der Waals surface area contributed by atoms with E-state index >= 15 is 0 Å². The minimum atomic E-state index is -2.90. The van der Waals surface area contributed by atoms with E-state index in [1.807, 2.05) is 26.2 Å². The quantitative estimate of drug-likeness (QED) is 0.613. The van der Waals surface area contributed by atoms with E-state index in [1.54, 1.807) is 11.8 Å². The highest BCUT2D eigenvalue weighted by molar-refractivity contribution is 8.02. The normalized spacial score (nSPS) is 13.2. The van der Waals surface area contributed by atoms with Crippen molar-refractivity contribution >= 4 is 19.4 Å². The van der Waals surface area contributed by atoms with Crippen LogP contribution in [-0.2, 0) is 13.6 Å². The van der Waals surface area contributed by atoms with Gasteiger partial charge in [-0.2, -0.15) is 0 Å².